The largest absolute Gasteiger partial charge is 0.339 e. The molecule has 3 aromatic rings. The van der Waals surface area contributed by atoms with Crippen LogP contribution >= 0.6 is 11.3 Å². The highest BCUT2D eigenvalue weighted by Crippen LogP contribution is 2.31. The van der Waals surface area contributed by atoms with E-state index in [4.69, 9.17) is 6.42 Å². The number of carbonyl (C=O) groups is 2. The van der Waals surface area contributed by atoms with Gasteiger partial charge in [-0.2, -0.15) is 0 Å². The Morgan fingerprint density at radius 2 is 2.07 bits per heavy atom. The highest BCUT2D eigenvalue weighted by atomic mass is 32.1. The SMILES string of the molecule is C#Cc1ccc(C(=O)Nc2nc3ccccc3n2[C@@H]2CCCN(C(=O)C=C)CC2)s1. The molecule has 0 spiro atoms. The lowest BCUT2D eigenvalue weighted by Gasteiger charge is -2.21. The van der Waals surface area contributed by atoms with Gasteiger partial charge in [0, 0.05) is 19.1 Å². The minimum atomic E-state index is -0.227. The van der Waals surface area contributed by atoms with Gasteiger partial charge in [0.15, 0.2) is 0 Å². The number of fused-ring (bicyclic) bond motifs is 1. The molecule has 1 N–H and O–H groups in total. The van der Waals surface area contributed by atoms with E-state index < -0.39 is 0 Å². The number of carbonyl (C=O) groups excluding carboxylic acids is 2. The second-order valence-corrected chi connectivity index (χ2v) is 8.25. The standard InChI is InChI=1S/C23H22N4O2S/c1-3-17-11-12-20(30-17)22(29)25-23-24-18-9-5-6-10-19(18)27(23)16-8-7-14-26(15-13-16)21(28)4-2/h1,4-6,9-12,16H,2,7-8,13-15H2,(H,24,25,29)/t16-/m1/s1. The van der Waals surface area contributed by atoms with Crippen LogP contribution in [0.4, 0.5) is 5.95 Å². The van der Waals surface area contributed by atoms with E-state index in [-0.39, 0.29) is 17.9 Å². The Morgan fingerprint density at radius 1 is 1.23 bits per heavy atom. The highest BCUT2D eigenvalue weighted by molar-refractivity contribution is 7.14. The third kappa shape index (κ3) is 3.87. The maximum Gasteiger partial charge on any atom is 0.268 e. The van der Waals surface area contributed by atoms with Crippen LogP contribution in [0.1, 0.15) is 39.9 Å². The number of hydrogen-bond acceptors (Lipinski definition) is 4. The Hall–Kier alpha value is -3.37. The maximum absolute atomic E-state index is 12.8. The molecule has 1 aromatic carbocycles. The molecular formula is C23H22N4O2S. The first kappa shape index (κ1) is 19.9. The Morgan fingerprint density at radius 3 is 2.83 bits per heavy atom. The van der Waals surface area contributed by atoms with E-state index in [0.29, 0.717) is 28.8 Å². The Bertz CT molecular complexity index is 1150. The van der Waals surface area contributed by atoms with Crippen molar-refractivity contribution in [1.29, 1.82) is 0 Å². The molecule has 1 saturated heterocycles. The number of anilines is 1. The second-order valence-electron chi connectivity index (χ2n) is 7.17. The predicted molar refractivity (Wildman–Crippen MR) is 120 cm³/mol. The molecule has 7 heteroatoms. The van der Waals surface area contributed by atoms with Crippen molar-refractivity contribution in [2.24, 2.45) is 0 Å². The van der Waals surface area contributed by atoms with Crippen LogP contribution in [0.3, 0.4) is 0 Å². The molecule has 0 bridgehead atoms. The number of para-hydroxylation sites is 2. The Labute approximate surface area is 179 Å². The first-order valence-electron chi connectivity index (χ1n) is 9.87. The van der Waals surface area contributed by atoms with Crippen molar-refractivity contribution in [2.45, 2.75) is 25.3 Å². The molecule has 1 fully saturated rings. The van der Waals surface area contributed by atoms with Gasteiger partial charge in [0.2, 0.25) is 11.9 Å². The average molecular weight is 419 g/mol. The van der Waals surface area contributed by atoms with Crippen LogP contribution in [-0.2, 0) is 4.79 Å². The minimum Gasteiger partial charge on any atom is -0.339 e. The van der Waals surface area contributed by atoms with Gasteiger partial charge in [-0.3, -0.25) is 14.9 Å². The lowest BCUT2D eigenvalue weighted by atomic mass is 10.1. The van der Waals surface area contributed by atoms with Crippen LogP contribution in [0.15, 0.2) is 49.1 Å². The average Bonchev–Trinajstić information content (AvgIpc) is 3.31. The maximum atomic E-state index is 12.8. The minimum absolute atomic E-state index is 0.0401. The van der Waals surface area contributed by atoms with E-state index in [1.807, 2.05) is 29.2 Å². The van der Waals surface area contributed by atoms with E-state index in [0.717, 1.165) is 30.3 Å². The number of thiophene rings is 1. The number of aromatic nitrogens is 2. The zero-order valence-electron chi connectivity index (χ0n) is 16.5. The van der Waals surface area contributed by atoms with Gasteiger partial charge < -0.3 is 9.47 Å². The fourth-order valence-corrected chi connectivity index (χ4v) is 4.60. The van der Waals surface area contributed by atoms with Crippen molar-refractivity contribution in [2.75, 3.05) is 18.4 Å². The summed E-state index contributed by atoms with van der Waals surface area (Å²) >= 11 is 1.28. The van der Waals surface area contributed by atoms with Crippen LogP contribution in [0, 0.1) is 12.3 Å². The summed E-state index contributed by atoms with van der Waals surface area (Å²) in [7, 11) is 0. The van der Waals surface area contributed by atoms with Crippen molar-refractivity contribution in [3.8, 4) is 12.3 Å². The van der Waals surface area contributed by atoms with Crippen molar-refractivity contribution in [1.82, 2.24) is 14.5 Å². The van der Waals surface area contributed by atoms with Gasteiger partial charge in [-0.25, -0.2) is 4.98 Å². The number of nitrogens with zero attached hydrogens (tertiary/aromatic N) is 3. The number of rotatable bonds is 4. The lowest BCUT2D eigenvalue weighted by Crippen LogP contribution is -2.30. The number of amides is 2. The first-order chi connectivity index (χ1) is 14.6. The van der Waals surface area contributed by atoms with Crippen LogP contribution in [-0.4, -0.2) is 39.4 Å². The van der Waals surface area contributed by atoms with Crippen LogP contribution in [0.25, 0.3) is 11.0 Å². The van der Waals surface area contributed by atoms with Gasteiger partial charge in [0.25, 0.3) is 5.91 Å². The second kappa shape index (κ2) is 8.56. The van der Waals surface area contributed by atoms with Gasteiger partial charge in [-0.15, -0.1) is 17.8 Å². The number of nitrogens with one attached hydrogen (secondary N) is 1. The summed E-state index contributed by atoms with van der Waals surface area (Å²) in [6.07, 6.45) is 9.34. The summed E-state index contributed by atoms with van der Waals surface area (Å²) in [5.41, 5.74) is 1.79. The molecule has 1 aliphatic heterocycles. The van der Waals surface area contributed by atoms with Gasteiger partial charge in [0.05, 0.1) is 20.8 Å². The van der Waals surface area contributed by atoms with Crippen molar-refractivity contribution < 1.29 is 9.59 Å². The van der Waals surface area contributed by atoms with E-state index in [9.17, 15) is 9.59 Å². The van der Waals surface area contributed by atoms with Crippen LogP contribution < -0.4 is 5.32 Å². The highest BCUT2D eigenvalue weighted by Gasteiger charge is 2.25. The molecular weight excluding hydrogens is 396 g/mol. The monoisotopic (exact) mass is 418 g/mol. The number of terminal acetylenes is 1. The molecule has 0 unspecified atom stereocenters. The smallest absolute Gasteiger partial charge is 0.268 e. The van der Waals surface area contributed by atoms with E-state index in [1.165, 1.54) is 17.4 Å². The zero-order valence-corrected chi connectivity index (χ0v) is 17.3. The number of benzene rings is 1. The Balaban J connectivity index is 1.65. The van der Waals surface area contributed by atoms with E-state index in [1.54, 1.807) is 12.1 Å². The summed E-state index contributed by atoms with van der Waals surface area (Å²) in [5, 5.41) is 2.97. The summed E-state index contributed by atoms with van der Waals surface area (Å²) < 4.78 is 2.10. The van der Waals surface area contributed by atoms with Gasteiger partial charge >= 0.3 is 0 Å². The summed E-state index contributed by atoms with van der Waals surface area (Å²) in [5.74, 6) is 2.81. The molecule has 0 saturated carbocycles. The van der Waals surface area contributed by atoms with Crippen LogP contribution in [0.5, 0.6) is 0 Å². The molecule has 152 valence electrons. The lowest BCUT2D eigenvalue weighted by molar-refractivity contribution is -0.125. The molecule has 2 aromatic heterocycles. The third-order valence-electron chi connectivity index (χ3n) is 5.34. The quantitative estimate of drug-likeness (QED) is 0.513. The molecule has 0 aliphatic carbocycles. The first-order valence-corrected chi connectivity index (χ1v) is 10.7. The normalized spacial score (nSPS) is 16.6. The molecule has 30 heavy (non-hydrogen) atoms. The fourth-order valence-electron chi connectivity index (χ4n) is 3.89. The summed E-state index contributed by atoms with van der Waals surface area (Å²) in [6.45, 7) is 4.95. The zero-order chi connectivity index (χ0) is 21.1. The molecule has 6 nitrogen and oxygen atoms in total. The summed E-state index contributed by atoms with van der Waals surface area (Å²) in [6, 6.07) is 11.5. The topological polar surface area (TPSA) is 67.2 Å². The summed E-state index contributed by atoms with van der Waals surface area (Å²) in [4.78, 5) is 32.6. The predicted octanol–water partition coefficient (Wildman–Crippen LogP) is 4.07. The van der Waals surface area contributed by atoms with Crippen LogP contribution in [0.2, 0.25) is 0 Å². The fraction of sp³-hybridized carbons (Fsp3) is 0.261. The van der Waals surface area contributed by atoms with Gasteiger partial charge in [-0.05, 0) is 49.6 Å². The van der Waals surface area contributed by atoms with Gasteiger partial charge in [0.1, 0.15) is 0 Å². The third-order valence-corrected chi connectivity index (χ3v) is 6.36. The molecule has 0 radical (unpaired) electrons. The number of hydrogen-bond donors (Lipinski definition) is 1. The van der Waals surface area contributed by atoms with E-state index in [2.05, 4.69) is 27.4 Å². The number of imidazole rings is 1. The molecule has 2 amide bonds. The Kier molecular flexibility index (Phi) is 5.68. The van der Waals surface area contributed by atoms with Gasteiger partial charge in [-0.1, -0.05) is 24.6 Å². The van der Waals surface area contributed by atoms with Crippen molar-refractivity contribution in [3.05, 3.63) is 58.8 Å². The molecule has 1 atom stereocenters. The van der Waals surface area contributed by atoms with Crippen molar-refractivity contribution in [3.63, 3.8) is 0 Å². The number of likely N-dealkylation sites (tertiary alicyclic amines) is 1. The molecule has 4 rings (SSSR count). The van der Waals surface area contributed by atoms with Crippen molar-refractivity contribution >= 4 is 40.1 Å². The molecule has 1 aliphatic rings. The van der Waals surface area contributed by atoms with E-state index >= 15 is 0 Å². The molecule has 3 heterocycles.